The largest absolute Gasteiger partial charge is 0.396 e. The van der Waals surface area contributed by atoms with Gasteiger partial charge in [-0.2, -0.15) is 4.98 Å². The van der Waals surface area contributed by atoms with Gasteiger partial charge in [-0.05, 0) is 26.2 Å². The zero-order valence-electron chi connectivity index (χ0n) is 12.0. The van der Waals surface area contributed by atoms with Crippen LogP contribution in [0.2, 0.25) is 0 Å². The standard InChI is InChI=1S/C12H21N5O3/c1-4-13-12-15-9(3)10(17(19)20)11(16-12)14-7-8(2)5-6-18/h8,18H,4-7H2,1-3H3,(H2,13,14,15,16). The van der Waals surface area contributed by atoms with Crippen LogP contribution >= 0.6 is 0 Å². The normalized spacial score (nSPS) is 12.0. The predicted molar refractivity (Wildman–Crippen MR) is 76.9 cm³/mol. The third-order valence-electron chi connectivity index (χ3n) is 2.82. The molecule has 1 aromatic rings. The molecular formula is C12H21N5O3. The van der Waals surface area contributed by atoms with Crippen LogP contribution in [-0.4, -0.2) is 39.7 Å². The van der Waals surface area contributed by atoms with Crippen LogP contribution in [0.3, 0.4) is 0 Å². The van der Waals surface area contributed by atoms with Gasteiger partial charge in [0.05, 0.1) is 4.92 Å². The van der Waals surface area contributed by atoms with E-state index in [1.807, 2.05) is 13.8 Å². The number of anilines is 2. The Labute approximate surface area is 117 Å². The molecule has 112 valence electrons. The molecule has 8 heteroatoms. The summed E-state index contributed by atoms with van der Waals surface area (Å²) < 4.78 is 0. The fourth-order valence-electron chi connectivity index (χ4n) is 1.74. The van der Waals surface area contributed by atoms with Gasteiger partial charge in [-0.3, -0.25) is 10.1 Å². The van der Waals surface area contributed by atoms with E-state index in [-0.39, 0.29) is 24.0 Å². The maximum absolute atomic E-state index is 11.1. The summed E-state index contributed by atoms with van der Waals surface area (Å²) in [5.41, 5.74) is 0.209. The number of aliphatic hydroxyl groups excluding tert-OH is 1. The van der Waals surface area contributed by atoms with Gasteiger partial charge in [-0.15, -0.1) is 0 Å². The van der Waals surface area contributed by atoms with E-state index in [0.717, 1.165) is 0 Å². The molecule has 1 atom stereocenters. The van der Waals surface area contributed by atoms with E-state index in [1.54, 1.807) is 6.92 Å². The average molecular weight is 283 g/mol. The Balaban J connectivity index is 2.97. The Morgan fingerprint density at radius 2 is 2.10 bits per heavy atom. The molecule has 0 saturated carbocycles. The van der Waals surface area contributed by atoms with E-state index in [0.29, 0.717) is 31.2 Å². The van der Waals surface area contributed by atoms with Crippen molar-refractivity contribution < 1.29 is 10.0 Å². The molecular weight excluding hydrogens is 262 g/mol. The third kappa shape index (κ3) is 4.30. The first kappa shape index (κ1) is 16.1. The Morgan fingerprint density at radius 3 is 2.65 bits per heavy atom. The van der Waals surface area contributed by atoms with Crippen molar-refractivity contribution in [3.8, 4) is 0 Å². The molecule has 0 aliphatic rings. The van der Waals surface area contributed by atoms with Gasteiger partial charge in [0.25, 0.3) is 0 Å². The first-order valence-corrected chi connectivity index (χ1v) is 6.61. The van der Waals surface area contributed by atoms with Gasteiger partial charge < -0.3 is 15.7 Å². The number of aryl methyl sites for hydroxylation is 1. The van der Waals surface area contributed by atoms with Crippen LogP contribution in [0.4, 0.5) is 17.5 Å². The van der Waals surface area contributed by atoms with Crippen LogP contribution in [0.1, 0.15) is 26.0 Å². The summed E-state index contributed by atoms with van der Waals surface area (Å²) in [6.45, 7) is 6.67. The summed E-state index contributed by atoms with van der Waals surface area (Å²) in [7, 11) is 0. The number of aliphatic hydroxyl groups is 1. The second-order valence-corrected chi connectivity index (χ2v) is 4.62. The molecule has 0 aliphatic carbocycles. The highest BCUT2D eigenvalue weighted by atomic mass is 16.6. The fraction of sp³-hybridized carbons (Fsp3) is 0.667. The maximum Gasteiger partial charge on any atom is 0.332 e. The zero-order valence-corrected chi connectivity index (χ0v) is 12.0. The van der Waals surface area contributed by atoms with Gasteiger partial charge in [0.15, 0.2) is 0 Å². The first-order valence-electron chi connectivity index (χ1n) is 6.61. The second kappa shape index (κ2) is 7.59. The van der Waals surface area contributed by atoms with Crippen molar-refractivity contribution in [2.75, 3.05) is 30.3 Å². The van der Waals surface area contributed by atoms with Crippen molar-refractivity contribution in [1.29, 1.82) is 0 Å². The van der Waals surface area contributed by atoms with Crippen molar-refractivity contribution in [2.45, 2.75) is 27.2 Å². The van der Waals surface area contributed by atoms with Crippen LogP contribution in [0.5, 0.6) is 0 Å². The Morgan fingerprint density at radius 1 is 1.40 bits per heavy atom. The third-order valence-corrected chi connectivity index (χ3v) is 2.82. The topological polar surface area (TPSA) is 113 Å². The zero-order chi connectivity index (χ0) is 15.1. The van der Waals surface area contributed by atoms with Crippen LogP contribution in [0.15, 0.2) is 0 Å². The number of rotatable bonds is 8. The molecule has 0 radical (unpaired) electrons. The molecule has 0 aliphatic heterocycles. The summed E-state index contributed by atoms with van der Waals surface area (Å²) in [6.07, 6.45) is 0.630. The summed E-state index contributed by atoms with van der Waals surface area (Å²) in [4.78, 5) is 18.8. The minimum absolute atomic E-state index is 0.0936. The van der Waals surface area contributed by atoms with E-state index in [1.165, 1.54) is 0 Å². The monoisotopic (exact) mass is 283 g/mol. The predicted octanol–water partition coefficient (Wildman–Crippen LogP) is 1.56. The molecule has 1 aromatic heterocycles. The van der Waals surface area contributed by atoms with Crippen molar-refractivity contribution in [2.24, 2.45) is 5.92 Å². The number of nitrogens with one attached hydrogen (secondary N) is 2. The summed E-state index contributed by atoms with van der Waals surface area (Å²) in [5, 5.41) is 25.9. The molecule has 1 rings (SSSR count). The van der Waals surface area contributed by atoms with E-state index in [2.05, 4.69) is 20.6 Å². The quantitative estimate of drug-likeness (QED) is 0.490. The number of nitro groups is 1. The van der Waals surface area contributed by atoms with E-state index < -0.39 is 4.92 Å². The molecule has 0 bridgehead atoms. The molecule has 1 heterocycles. The lowest BCUT2D eigenvalue weighted by atomic mass is 10.1. The van der Waals surface area contributed by atoms with Crippen LogP contribution < -0.4 is 10.6 Å². The maximum atomic E-state index is 11.1. The molecule has 8 nitrogen and oxygen atoms in total. The van der Waals surface area contributed by atoms with Crippen molar-refractivity contribution in [1.82, 2.24) is 9.97 Å². The lowest BCUT2D eigenvalue weighted by molar-refractivity contribution is -0.385. The van der Waals surface area contributed by atoms with Crippen LogP contribution in [-0.2, 0) is 0 Å². The fourth-order valence-corrected chi connectivity index (χ4v) is 1.74. The molecule has 0 spiro atoms. The molecule has 3 N–H and O–H groups in total. The molecule has 0 saturated heterocycles. The second-order valence-electron chi connectivity index (χ2n) is 4.62. The number of hydrogen-bond acceptors (Lipinski definition) is 7. The van der Waals surface area contributed by atoms with Crippen molar-refractivity contribution in [3.05, 3.63) is 15.8 Å². The van der Waals surface area contributed by atoms with E-state index >= 15 is 0 Å². The van der Waals surface area contributed by atoms with Gasteiger partial charge in [-0.25, -0.2) is 4.98 Å². The van der Waals surface area contributed by atoms with Crippen LogP contribution in [0, 0.1) is 23.0 Å². The highest BCUT2D eigenvalue weighted by Crippen LogP contribution is 2.26. The summed E-state index contributed by atoms with van der Waals surface area (Å²) >= 11 is 0. The Hall–Kier alpha value is -1.96. The number of hydrogen-bond donors (Lipinski definition) is 3. The minimum Gasteiger partial charge on any atom is -0.396 e. The highest BCUT2D eigenvalue weighted by molar-refractivity contribution is 5.60. The molecule has 0 fully saturated rings. The summed E-state index contributed by atoms with van der Waals surface area (Å²) in [6, 6.07) is 0. The number of nitrogens with zero attached hydrogens (tertiary/aromatic N) is 3. The lowest BCUT2D eigenvalue weighted by Gasteiger charge is -2.13. The summed E-state index contributed by atoms with van der Waals surface area (Å²) in [5.74, 6) is 0.772. The van der Waals surface area contributed by atoms with Crippen LogP contribution in [0.25, 0.3) is 0 Å². The smallest absolute Gasteiger partial charge is 0.332 e. The SMILES string of the molecule is CCNc1nc(C)c([N+](=O)[O-])c(NCC(C)CCO)n1. The number of aromatic nitrogens is 2. The van der Waals surface area contributed by atoms with Gasteiger partial charge in [0.1, 0.15) is 5.69 Å². The minimum atomic E-state index is -0.482. The molecule has 0 amide bonds. The van der Waals surface area contributed by atoms with Gasteiger partial charge in [0, 0.05) is 19.7 Å². The first-order chi connectivity index (χ1) is 9.49. The van der Waals surface area contributed by atoms with E-state index in [4.69, 9.17) is 5.11 Å². The lowest BCUT2D eigenvalue weighted by Crippen LogP contribution is -2.16. The highest BCUT2D eigenvalue weighted by Gasteiger charge is 2.22. The Bertz CT molecular complexity index is 467. The van der Waals surface area contributed by atoms with E-state index in [9.17, 15) is 10.1 Å². The Kier molecular flexibility index (Phi) is 6.10. The molecule has 0 aromatic carbocycles. The average Bonchev–Trinajstić information content (AvgIpc) is 2.36. The van der Waals surface area contributed by atoms with Gasteiger partial charge in [-0.1, -0.05) is 6.92 Å². The molecule has 20 heavy (non-hydrogen) atoms. The van der Waals surface area contributed by atoms with Crippen molar-refractivity contribution in [3.63, 3.8) is 0 Å². The van der Waals surface area contributed by atoms with Gasteiger partial charge in [0.2, 0.25) is 11.8 Å². The molecule has 1 unspecified atom stereocenters. The van der Waals surface area contributed by atoms with Gasteiger partial charge >= 0.3 is 5.69 Å². The van der Waals surface area contributed by atoms with Crippen molar-refractivity contribution >= 4 is 17.5 Å².